The van der Waals surface area contributed by atoms with Gasteiger partial charge in [0.15, 0.2) is 0 Å². The largest absolute Gasteiger partial charge is 0.491 e. The number of benzene rings is 2. The number of carbonyl (C=O) groups is 4. The van der Waals surface area contributed by atoms with E-state index in [0.717, 1.165) is 0 Å². The molecule has 0 saturated heterocycles. The SMILES string of the molecule is N=C(N)c1ccc(CC(=O)C(=O)O)c(OC[C@@H](CCC(=O)O)NC(=O)c2ccc3nc(N)ccc3c2)c1. The quantitative estimate of drug-likeness (QED) is 0.117. The fourth-order valence-corrected chi connectivity index (χ4v) is 3.49. The highest BCUT2D eigenvalue weighted by Crippen LogP contribution is 2.23. The van der Waals surface area contributed by atoms with Crippen LogP contribution in [0.1, 0.15) is 34.3 Å². The lowest BCUT2D eigenvalue weighted by atomic mass is 10.0. The van der Waals surface area contributed by atoms with Gasteiger partial charge in [0.1, 0.15) is 24.0 Å². The second-order valence-electron chi connectivity index (χ2n) is 8.20. The highest BCUT2D eigenvalue weighted by molar-refractivity contribution is 6.33. The molecule has 0 fully saturated rings. The Morgan fingerprint density at radius 1 is 1.03 bits per heavy atom. The Bertz CT molecular complexity index is 1390. The van der Waals surface area contributed by atoms with E-state index in [4.69, 9.17) is 31.8 Å². The number of hydrogen-bond acceptors (Lipinski definition) is 8. The molecule has 0 aliphatic rings. The monoisotopic (exact) mass is 507 g/mol. The molecule has 0 saturated carbocycles. The number of pyridine rings is 1. The van der Waals surface area contributed by atoms with Crippen molar-refractivity contribution in [1.82, 2.24) is 10.3 Å². The number of nitrogens with one attached hydrogen (secondary N) is 2. The van der Waals surface area contributed by atoms with Crippen molar-refractivity contribution in [2.24, 2.45) is 5.73 Å². The number of nitrogens with zero attached hydrogens (tertiary/aromatic N) is 1. The zero-order valence-corrected chi connectivity index (χ0v) is 19.6. The Morgan fingerprint density at radius 3 is 2.43 bits per heavy atom. The molecule has 192 valence electrons. The van der Waals surface area contributed by atoms with Gasteiger partial charge in [0, 0.05) is 34.9 Å². The Morgan fingerprint density at radius 2 is 1.76 bits per heavy atom. The molecule has 1 aromatic heterocycles. The maximum atomic E-state index is 12.9. The van der Waals surface area contributed by atoms with Crippen molar-refractivity contribution < 1.29 is 34.1 Å². The fraction of sp³-hybridized carbons (Fsp3) is 0.200. The predicted molar refractivity (Wildman–Crippen MR) is 134 cm³/mol. The van der Waals surface area contributed by atoms with E-state index in [1.807, 2.05) is 0 Å². The summed E-state index contributed by atoms with van der Waals surface area (Å²) in [4.78, 5) is 51.0. The van der Waals surface area contributed by atoms with Gasteiger partial charge in [0.2, 0.25) is 5.78 Å². The Hall–Kier alpha value is -5.00. The van der Waals surface area contributed by atoms with E-state index < -0.39 is 36.1 Å². The molecule has 3 aromatic rings. The van der Waals surface area contributed by atoms with Crippen LogP contribution >= 0.6 is 0 Å². The molecule has 0 bridgehead atoms. The van der Waals surface area contributed by atoms with Crippen LogP contribution in [0.2, 0.25) is 0 Å². The van der Waals surface area contributed by atoms with Crippen molar-refractivity contribution in [3.05, 3.63) is 65.2 Å². The first-order chi connectivity index (χ1) is 17.5. The molecule has 0 unspecified atom stereocenters. The minimum atomic E-state index is -1.61. The molecule has 2 aromatic carbocycles. The van der Waals surface area contributed by atoms with Crippen LogP contribution in [0.4, 0.5) is 5.82 Å². The fourth-order valence-electron chi connectivity index (χ4n) is 3.49. The molecule has 0 spiro atoms. The highest BCUT2D eigenvalue weighted by atomic mass is 16.5. The van der Waals surface area contributed by atoms with Crippen molar-refractivity contribution in [1.29, 1.82) is 5.41 Å². The molecule has 1 atom stereocenters. The summed E-state index contributed by atoms with van der Waals surface area (Å²) in [6.45, 7) is -0.194. The number of amides is 1. The molecule has 1 amide bonds. The molecular formula is C25H25N5O7. The molecular weight excluding hydrogens is 482 g/mol. The summed E-state index contributed by atoms with van der Waals surface area (Å²) >= 11 is 0. The number of amidine groups is 1. The van der Waals surface area contributed by atoms with Gasteiger partial charge >= 0.3 is 11.9 Å². The Kier molecular flexibility index (Phi) is 8.35. The summed E-state index contributed by atoms with van der Waals surface area (Å²) < 4.78 is 5.79. The Labute approximate surface area is 210 Å². The van der Waals surface area contributed by atoms with E-state index in [1.165, 1.54) is 18.2 Å². The Balaban J connectivity index is 1.81. The zero-order chi connectivity index (χ0) is 27.1. The van der Waals surface area contributed by atoms with Crippen LogP contribution in [0.15, 0.2) is 48.5 Å². The maximum absolute atomic E-state index is 12.9. The molecule has 3 rings (SSSR count). The van der Waals surface area contributed by atoms with Crippen molar-refractivity contribution in [2.75, 3.05) is 12.3 Å². The summed E-state index contributed by atoms with van der Waals surface area (Å²) in [5.74, 6) is -4.06. The standard InChI is InChI=1S/C25H25N5O7/c26-21-7-4-13-9-16(3-6-18(13)30-21)24(34)29-17(5-8-22(32)33)12-37-20-11-15(23(27)28)2-1-14(20)10-19(31)25(35)36/h1-4,6-7,9,11,17H,5,8,10,12H2,(H2,26,30)(H3,27,28)(H,29,34)(H,32,33)(H,35,36)/t17-/m1/s1. The van der Waals surface area contributed by atoms with Gasteiger partial charge in [-0.25, -0.2) is 9.78 Å². The van der Waals surface area contributed by atoms with Gasteiger partial charge in [-0.2, -0.15) is 0 Å². The van der Waals surface area contributed by atoms with Crippen LogP contribution in [0, 0.1) is 5.41 Å². The minimum Gasteiger partial charge on any atom is -0.491 e. The average molecular weight is 508 g/mol. The molecule has 37 heavy (non-hydrogen) atoms. The average Bonchev–Trinajstić information content (AvgIpc) is 2.85. The van der Waals surface area contributed by atoms with Crippen molar-refractivity contribution >= 4 is 46.2 Å². The summed E-state index contributed by atoms with van der Waals surface area (Å²) in [6.07, 6.45) is -0.694. The van der Waals surface area contributed by atoms with Gasteiger partial charge in [-0.05, 0) is 42.8 Å². The number of carboxylic acids is 2. The number of nitrogen functional groups attached to an aromatic ring is 2. The smallest absolute Gasteiger partial charge is 0.372 e. The lowest BCUT2D eigenvalue weighted by Gasteiger charge is -2.20. The van der Waals surface area contributed by atoms with Gasteiger partial charge in [-0.3, -0.25) is 19.8 Å². The van der Waals surface area contributed by atoms with Crippen LogP contribution in [0.25, 0.3) is 10.9 Å². The second kappa shape index (κ2) is 11.6. The van der Waals surface area contributed by atoms with E-state index in [9.17, 15) is 19.2 Å². The zero-order valence-electron chi connectivity index (χ0n) is 19.6. The lowest BCUT2D eigenvalue weighted by Crippen LogP contribution is -2.39. The summed E-state index contributed by atoms with van der Waals surface area (Å²) in [7, 11) is 0. The first kappa shape index (κ1) is 26.6. The molecule has 8 N–H and O–H groups in total. The van der Waals surface area contributed by atoms with Crippen LogP contribution in [-0.4, -0.2) is 57.3 Å². The van der Waals surface area contributed by atoms with Gasteiger partial charge < -0.3 is 31.7 Å². The third-order valence-electron chi connectivity index (χ3n) is 5.42. The molecule has 12 nitrogen and oxygen atoms in total. The first-order valence-electron chi connectivity index (χ1n) is 11.1. The third kappa shape index (κ3) is 7.24. The number of carboxylic acid groups (broad SMARTS) is 2. The van der Waals surface area contributed by atoms with E-state index in [1.54, 1.807) is 30.3 Å². The van der Waals surface area contributed by atoms with Gasteiger partial charge in [-0.15, -0.1) is 0 Å². The van der Waals surface area contributed by atoms with Crippen LogP contribution in [0.5, 0.6) is 5.75 Å². The molecule has 0 aliphatic carbocycles. The minimum absolute atomic E-state index is 0.0303. The van der Waals surface area contributed by atoms with Gasteiger partial charge in [-0.1, -0.05) is 12.1 Å². The summed E-state index contributed by atoms with van der Waals surface area (Å²) in [6, 6.07) is 11.7. The topological polar surface area (TPSA) is 219 Å². The van der Waals surface area contributed by atoms with Crippen molar-refractivity contribution in [2.45, 2.75) is 25.3 Å². The number of Topliss-reactive ketones (excluding diaryl/α,β-unsaturated/α-hetero) is 1. The predicted octanol–water partition coefficient (Wildman–Crippen LogP) is 1.34. The number of rotatable bonds is 12. The number of carbonyl (C=O) groups excluding carboxylic acids is 2. The normalized spacial score (nSPS) is 11.5. The summed E-state index contributed by atoms with van der Waals surface area (Å²) in [5, 5.41) is 29.1. The van der Waals surface area contributed by atoms with Crippen LogP contribution < -0.4 is 21.5 Å². The number of ketones is 1. The number of aromatic nitrogens is 1. The highest BCUT2D eigenvalue weighted by Gasteiger charge is 2.20. The van der Waals surface area contributed by atoms with Crippen molar-refractivity contribution in [3.63, 3.8) is 0 Å². The number of ether oxygens (including phenoxy) is 1. The van der Waals surface area contributed by atoms with Gasteiger partial charge in [0.25, 0.3) is 5.91 Å². The van der Waals surface area contributed by atoms with E-state index in [-0.39, 0.29) is 42.2 Å². The third-order valence-corrected chi connectivity index (χ3v) is 5.42. The van der Waals surface area contributed by atoms with Crippen LogP contribution in [-0.2, 0) is 20.8 Å². The van der Waals surface area contributed by atoms with E-state index in [0.29, 0.717) is 22.3 Å². The first-order valence-corrected chi connectivity index (χ1v) is 11.1. The molecule has 12 heteroatoms. The molecule has 1 heterocycles. The number of hydrogen-bond donors (Lipinski definition) is 6. The number of aliphatic carboxylic acids is 2. The summed E-state index contributed by atoms with van der Waals surface area (Å²) in [5.41, 5.74) is 12.6. The van der Waals surface area contributed by atoms with E-state index in [2.05, 4.69) is 10.3 Å². The lowest BCUT2D eigenvalue weighted by molar-refractivity contribution is -0.148. The molecule has 0 aliphatic heterocycles. The number of fused-ring (bicyclic) bond motifs is 1. The number of anilines is 1. The maximum Gasteiger partial charge on any atom is 0.372 e. The van der Waals surface area contributed by atoms with Gasteiger partial charge in [0.05, 0.1) is 11.6 Å². The second-order valence-corrected chi connectivity index (χ2v) is 8.20. The van der Waals surface area contributed by atoms with Crippen molar-refractivity contribution in [3.8, 4) is 5.75 Å². The number of nitrogens with two attached hydrogens (primary N) is 2. The molecule has 0 radical (unpaired) electrons. The van der Waals surface area contributed by atoms with Crippen LogP contribution in [0.3, 0.4) is 0 Å². The van der Waals surface area contributed by atoms with E-state index >= 15 is 0 Å².